The number of para-hydroxylation sites is 1. The Bertz CT molecular complexity index is 792. The minimum absolute atomic E-state index is 0.209. The Hall–Kier alpha value is -2.07. The highest BCUT2D eigenvalue weighted by Crippen LogP contribution is 2.50. The molecule has 2 aliphatic heterocycles. The third kappa shape index (κ3) is 1.98. The monoisotopic (exact) mass is 310 g/mol. The lowest BCUT2D eigenvalue weighted by Crippen LogP contribution is -2.61. The summed E-state index contributed by atoms with van der Waals surface area (Å²) in [6, 6.07) is 9.22. The maximum Gasteiger partial charge on any atom is 0.302 e. The van der Waals surface area contributed by atoms with Crippen LogP contribution in [0.1, 0.15) is 24.2 Å². The molecule has 4 rings (SSSR count). The van der Waals surface area contributed by atoms with Crippen LogP contribution in [-0.2, 0) is 23.0 Å². The highest BCUT2D eigenvalue weighted by molar-refractivity contribution is 5.86. The minimum atomic E-state index is -0.209. The number of benzene rings is 1. The maximum absolute atomic E-state index is 11.2. The Morgan fingerprint density at radius 1 is 1.43 bits per heavy atom. The standard InChI is InChI=1S/C19H22N2O2/c1-4-16-15(11-23-12(2)22)19-18-14(9-10-21(16)19)13-7-5-6-8-17(13)20(18)3/h4-8,15-16,19H,1,9-11H2,2-3H3/t15-,16+,19-/m0/s1. The van der Waals surface area contributed by atoms with Crippen molar-refractivity contribution in [2.24, 2.45) is 13.0 Å². The zero-order valence-corrected chi connectivity index (χ0v) is 13.7. The van der Waals surface area contributed by atoms with Crippen LogP contribution in [0.4, 0.5) is 0 Å². The van der Waals surface area contributed by atoms with E-state index in [4.69, 9.17) is 4.74 Å². The van der Waals surface area contributed by atoms with Crippen molar-refractivity contribution < 1.29 is 9.53 Å². The molecule has 0 aliphatic carbocycles. The zero-order chi connectivity index (χ0) is 16.1. The lowest BCUT2D eigenvalue weighted by atomic mass is 9.74. The molecular formula is C19H22N2O2. The number of fused-ring (bicyclic) bond motifs is 5. The number of hydrogen-bond donors (Lipinski definition) is 0. The summed E-state index contributed by atoms with van der Waals surface area (Å²) in [5.41, 5.74) is 4.13. The molecule has 0 saturated carbocycles. The van der Waals surface area contributed by atoms with Crippen molar-refractivity contribution in [3.63, 3.8) is 0 Å². The second-order valence-electron chi connectivity index (χ2n) is 6.57. The normalized spacial score (nSPS) is 26.3. The van der Waals surface area contributed by atoms with Crippen LogP contribution < -0.4 is 0 Å². The molecule has 0 spiro atoms. The molecule has 0 bridgehead atoms. The largest absolute Gasteiger partial charge is 0.465 e. The molecular weight excluding hydrogens is 288 g/mol. The van der Waals surface area contributed by atoms with Crippen LogP contribution in [-0.4, -0.2) is 34.6 Å². The summed E-state index contributed by atoms with van der Waals surface area (Å²) in [4.78, 5) is 13.7. The second-order valence-corrected chi connectivity index (χ2v) is 6.57. The van der Waals surface area contributed by atoms with Crippen LogP contribution in [0.5, 0.6) is 0 Å². The quantitative estimate of drug-likeness (QED) is 0.646. The minimum Gasteiger partial charge on any atom is -0.465 e. The first-order chi connectivity index (χ1) is 11.1. The lowest BCUT2D eigenvalue weighted by Gasteiger charge is -2.56. The van der Waals surface area contributed by atoms with Crippen LogP contribution >= 0.6 is 0 Å². The van der Waals surface area contributed by atoms with Gasteiger partial charge in [-0.15, -0.1) is 6.58 Å². The highest BCUT2D eigenvalue weighted by Gasteiger charge is 2.51. The topological polar surface area (TPSA) is 34.5 Å². The summed E-state index contributed by atoms with van der Waals surface area (Å²) in [7, 11) is 2.15. The second kappa shape index (κ2) is 5.24. The molecule has 3 heterocycles. The molecule has 1 aromatic carbocycles. The summed E-state index contributed by atoms with van der Waals surface area (Å²) in [6.07, 6.45) is 3.07. The average molecular weight is 310 g/mol. The van der Waals surface area contributed by atoms with Crippen molar-refractivity contribution in [1.82, 2.24) is 9.47 Å². The Morgan fingerprint density at radius 3 is 2.96 bits per heavy atom. The first-order valence-electron chi connectivity index (χ1n) is 8.21. The third-order valence-electron chi connectivity index (χ3n) is 5.47. The van der Waals surface area contributed by atoms with E-state index in [0.717, 1.165) is 13.0 Å². The fourth-order valence-corrected chi connectivity index (χ4v) is 4.50. The van der Waals surface area contributed by atoms with Gasteiger partial charge in [0.25, 0.3) is 0 Å². The van der Waals surface area contributed by atoms with Gasteiger partial charge in [0.15, 0.2) is 0 Å². The van der Waals surface area contributed by atoms with Crippen LogP contribution in [0.2, 0.25) is 0 Å². The number of rotatable bonds is 3. The van der Waals surface area contributed by atoms with Gasteiger partial charge < -0.3 is 9.30 Å². The average Bonchev–Trinajstić information content (AvgIpc) is 2.81. The molecule has 2 aromatic rings. The smallest absolute Gasteiger partial charge is 0.302 e. The van der Waals surface area contributed by atoms with Gasteiger partial charge in [-0.2, -0.15) is 0 Å². The number of aryl methyl sites for hydroxylation is 1. The van der Waals surface area contributed by atoms with Crippen molar-refractivity contribution in [2.45, 2.75) is 25.4 Å². The first-order valence-corrected chi connectivity index (χ1v) is 8.21. The predicted molar refractivity (Wildman–Crippen MR) is 90.2 cm³/mol. The van der Waals surface area contributed by atoms with Gasteiger partial charge in [0.1, 0.15) is 0 Å². The van der Waals surface area contributed by atoms with Crippen LogP contribution in [0.25, 0.3) is 10.9 Å². The van der Waals surface area contributed by atoms with E-state index in [1.807, 2.05) is 6.08 Å². The molecule has 3 atom stereocenters. The van der Waals surface area contributed by atoms with E-state index in [1.54, 1.807) is 0 Å². The molecule has 4 heteroatoms. The van der Waals surface area contributed by atoms with Crippen LogP contribution in [0, 0.1) is 5.92 Å². The van der Waals surface area contributed by atoms with E-state index in [0.29, 0.717) is 24.6 Å². The summed E-state index contributed by atoms with van der Waals surface area (Å²) in [6.45, 7) is 6.96. The van der Waals surface area contributed by atoms with E-state index in [1.165, 1.54) is 29.1 Å². The molecule has 1 aromatic heterocycles. The van der Waals surface area contributed by atoms with E-state index < -0.39 is 0 Å². The van der Waals surface area contributed by atoms with E-state index >= 15 is 0 Å². The molecule has 0 unspecified atom stereocenters. The molecule has 120 valence electrons. The number of carbonyl (C=O) groups is 1. The summed E-state index contributed by atoms with van der Waals surface area (Å²) < 4.78 is 7.65. The van der Waals surface area contributed by atoms with E-state index in [9.17, 15) is 4.79 Å². The van der Waals surface area contributed by atoms with Crippen LogP contribution in [0.3, 0.4) is 0 Å². The van der Waals surface area contributed by atoms with Crippen LogP contribution in [0.15, 0.2) is 36.9 Å². The van der Waals surface area contributed by atoms with Crippen molar-refractivity contribution >= 4 is 16.9 Å². The lowest BCUT2D eigenvalue weighted by molar-refractivity contribution is -0.149. The van der Waals surface area contributed by atoms with Crippen molar-refractivity contribution in [2.75, 3.05) is 13.2 Å². The zero-order valence-electron chi connectivity index (χ0n) is 13.7. The Kier molecular flexibility index (Phi) is 3.31. The van der Waals surface area contributed by atoms with E-state index in [-0.39, 0.29) is 5.97 Å². The SMILES string of the molecule is C=C[C@@H]1[C@H](COC(C)=O)[C@H]2c3c(c4ccccc4n3C)CCN12. The number of aromatic nitrogens is 1. The molecule has 0 N–H and O–H groups in total. The van der Waals surface area contributed by atoms with Crippen molar-refractivity contribution in [3.8, 4) is 0 Å². The molecule has 4 nitrogen and oxygen atoms in total. The first kappa shape index (κ1) is 14.5. The molecule has 0 radical (unpaired) electrons. The number of ether oxygens (including phenoxy) is 1. The number of nitrogens with zero attached hydrogens (tertiary/aromatic N) is 2. The van der Waals surface area contributed by atoms with Gasteiger partial charge in [0.2, 0.25) is 0 Å². The number of esters is 1. The van der Waals surface area contributed by atoms with Crippen molar-refractivity contribution in [3.05, 3.63) is 48.2 Å². The van der Waals surface area contributed by atoms with Gasteiger partial charge >= 0.3 is 5.97 Å². The Morgan fingerprint density at radius 2 is 2.22 bits per heavy atom. The van der Waals surface area contributed by atoms with Gasteiger partial charge in [-0.1, -0.05) is 24.3 Å². The Labute approximate surface area is 136 Å². The van der Waals surface area contributed by atoms with Crippen molar-refractivity contribution in [1.29, 1.82) is 0 Å². The predicted octanol–water partition coefficient (Wildman–Crippen LogP) is 2.83. The van der Waals surface area contributed by atoms with Gasteiger partial charge in [0.05, 0.1) is 12.6 Å². The molecule has 0 amide bonds. The van der Waals surface area contributed by atoms with Gasteiger partial charge in [0, 0.05) is 49.1 Å². The Balaban J connectivity index is 1.78. The molecule has 1 fully saturated rings. The summed E-state index contributed by atoms with van der Waals surface area (Å²) in [5, 5.41) is 1.36. The number of hydrogen-bond acceptors (Lipinski definition) is 3. The molecule has 2 aliphatic rings. The van der Waals surface area contributed by atoms with Gasteiger partial charge in [-0.25, -0.2) is 0 Å². The number of carbonyl (C=O) groups excluding carboxylic acids is 1. The maximum atomic E-state index is 11.2. The highest BCUT2D eigenvalue weighted by atomic mass is 16.5. The van der Waals surface area contributed by atoms with Gasteiger partial charge in [-0.3, -0.25) is 9.69 Å². The summed E-state index contributed by atoms with van der Waals surface area (Å²) in [5.74, 6) is 0.0813. The van der Waals surface area contributed by atoms with E-state index in [2.05, 4.69) is 47.4 Å². The summed E-state index contributed by atoms with van der Waals surface area (Å²) >= 11 is 0. The van der Waals surface area contributed by atoms with Gasteiger partial charge in [-0.05, 0) is 18.1 Å². The fraction of sp³-hybridized carbons (Fsp3) is 0.421. The third-order valence-corrected chi connectivity index (χ3v) is 5.47. The molecule has 1 saturated heterocycles. The molecule has 23 heavy (non-hydrogen) atoms. The fourth-order valence-electron chi connectivity index (χ4n) is 4.50.